The van der Waals surface area contributed by atoms with Crippen LogP contribution in [0, 0.1) is 6.92 Å². The molecule has 20 heavy (non-hydrogen) atoms. The van der Waals surface area contributed by atoms with E-state index >= 15 is 0 Å². The molecule has 0 spiro atoms. The van der Waals surface area contributed by atoms with E-state index in [1.54, 1.807) is 13.8 Å². The first-order valence-corrected chi connectivity index (χ1v) is 6.88. The molecule has 0 saturated carbocycles. The number of rotatable bonds is 3. The molecule has 1 aliphatic heterocycles. The van der Waals surface area contributed by atoms with Gasteiger partial charge >= 0.3 is 5.97 Å². The van der Waals surface area contributed by atoms with E-state index in [1.165, 1.54) is 0 Å². The van der Waals surface area contributed by atoms with Crippen molar-refractivity contribution >= 4 is 17.3 Å². The van der Waals surface area contributed by atoms with Crippen LogP contribution in [0.3, 0.4) is 0 Å². The van der Waals surface area contributed by atoms with Gasteiger partial charge in [-0.15, -0.1) is 0 Å². The lowest BCUT2D eigenvalue weighted by Crippen LogP contribution is -2.10. The molecule has 1 aliphatic rings. The molecule has 0 amide bonds. The summed E-state index contributed by atoms with van der Waals surface area (Å²) in [6, 6.07) is 5.82. The number of esters is 1. The number of aromatic nitrogens is 1. The Bertz CT molecular complexity index is 727. The van der Waals surface area contributed by atoms with Gasteiger partial charge in [0.1, 0.15) is 5.78 Å². The van der Waals surface area contributed by atoms with E-state index < -0.39 is 0 Å². The molecule has 4 nitrogen and oxygen atoms in total. The Hall–Kier alpha value is -2.10. The van der Waals surface area contributed by atoms with Gasteiger partial charge in [0.25, 0.3) is 0 Å². The van der Waals surface area contributed by atoms with Gasteiger partial charge in [0.05, 0.1) is 11.4 Å². The third-order valence-electron chi connectivity index (χ3n) is 4.05. The Labute approximate surface area is 117 Å². The number of hydrogen-bond acceptors (Lipinski definition) is 3. The van der Waals surface area contributed by atoms with Gasteiger partial charge in [-0.2, -0.15) is 0 Å². The number of pyridine rings is 1. The molecule has 1 unspecified atom stereocenters. The maximum atomic E-state index is 11.8. The van der Waals surface area contributed by atoms with Gasteiger partial charge in [-0.05, 0) is 26.0 Å². The quantitative estimate of drug-likeness (QED) is 0.806. The van der Waals surface area contributed by atoms with Crippen molar-refractivity contribution < 1.29 is 14.3 Å². The van der Waals surface area contributed by atoms with Crippen molar-refractivity contribution in [3.05, 3.63) is 35.2 Å². The van der Waals surface area contributed by atoms with Crippen LogP contribution in [0.15, 0.2) is 18.2 Å². The molecule has 0 saturated heterocycles. The molecule has 0 N–H and O–H groups in total. The molecule has 0 radical (unpaired) electrons. The van der Waals surface area contributed by atoms with Crippen LogP contribution in [0.4, 0.5) is 0 Å². The maximum absolute atomic E-state index is 11.8. The Kier molecular flexibility index (Phi) is 2.89. The van der Waals surface area contributed by atoms with Crippen LogP contribution in [0.5, 0.6) is 5.75 Å². The summed E-state index contributed by atoms with van der Waals surface area (Å²) in [4.78, 5) is 23.4. The molecule has 0 aromatic carbocycles. The first-order chi connectivity index (χ1) is 9.54. The fraction of sp³-hybridized carbons (Fsp3) is 0.375. The summed E-state index contributed by atoms with van der Waals surface area (Å²) in [6.45, 7) is 5.36. The third kappa shape index (κ3) is 1.68. The summed E-state index contributed by atoms with van der Waals surface area (Å²) in [7, 11) is 0. The molecular weight excluding hydrogens is 254 g/mol. The number of nitrogens with zero attached hydrogens (tertiary/aromatic N) is 1. The van der Waals surface area contributed by atoms with E-state index in [2.05, 4.69) is 4.40 Å². The van der Waals surface area contributed by atoms with Gasteiger partial charge in [-0.3, -0.25) is 9.59 Å². The maximum Gasteiger partial charge on any atom is 0.310 e. The van der Waals surface area contributed by atoms with Gasteiger partial charge in [-0.25, -0.2) is 0 Å². The Balaban J connectivity index is 2.20. The summed E-state index contributed by atoms with van der Waals surface area (Å²) < 4.78 is 7.54. The zero-order valence-corrected chi connectivity index (χ0v) is 11.9. The minimum Gasteiger partial charge on any atom is -0.424 e. The smallest absolute Gasteiger partial charge is 0.310 e. The Morgan fingerprint density at radius 2 is 2.15 bits per heavy atom. The van der Waals surface area contributed by atoms with Crippen LogP contribution in [0.25, 0.3) is 5.52 Å². The van der Waals surface area contributed by atoms with E-state index in [0.29, 0.717) is 18.6 Å². The zero-order valence-electron chi connectivity index (χ0n) is 11.9. The molecule has 4 heteroatoms. The normalized spacial score (nSPS) is 16.6. The Morgan fingerprint density at radius 1 is 1.40 bits per heavy atom. The number of carbonyl (C=O) groups excluding carboxylic acids is 2. The van der Waals surface area contributed by atoms with Gasteiger partial charge in [0.2, 0.25) is 0 Å². The minimum absolute atomic E-state index is 0.0803. The van der Waals surface area contributed by atoms with Crippen LogP contribution in [0.2, 0.25) is 0 Å². The number of ketones is 1. The average molecular weight is 271 g/mol. The van der Waals surface area contributed by atoms with Crippen molar-refractivity contribution in [3.63, 3.8) is 0 Å². The molecule has 2 aromatic rings. The first kappa shape index (κ1) is 12.9. The minimum atomic E-state index is -0.235. The fourth-order valence-electron chi connectivity index (χ4n) is 2.98. The largest absolute Gasteiger partial charge is 0.424 e. The Morgan fingerprint density at radius 3 is 2.80 bits per heavy atom. The average Bonchev–Trinajstić information content (AvgIpc) is 2.94. The van der Waals surface area contributed by atoms with Crippen molar-refractivity contribution in [2.75, 3.05) is 0 Å². The number of Topliss-reactive ketones (excluding diaryl/α,β-unsaturated/α-hetero) is 1. The summed E-state index contributed by atoms with van der Waals surface area (Å²) in [5, 5.41) is 0. The van der Waals surface area contributed by atoms with Crippen LogP contribution < -0.4 is 4.74 Å². The highest BCUT2D eigenvalue weighted by atomic mass is 16.5. The molecule has 2 aromatic heterocycles. The van der Waals surface area contributed by atoms with E-state index in [0.717, 1.165) is 22.5 Å². The first-order valence-electron chi connectivity index (χ1n) is 6.88. The molecule has 0 bridgehead atoms. The molecule has 1 atom stereocenters. The van der Waals surface area contributed by atoms with Crippen molar-refractivity contribution in [2.45, 2.75) is 39.5 Å². The molecular formula is C16H17NO3. The van der Waals surface area contributed by atoms with Crippen LogP contribution in [-0.2, 0) is 16.0 Å². The van der Waals surface area contributed by atoms with E-state index in [1.807, 2.05) is 25.1 Å². The van der Waals surface area contributed by atoms with E-state index in [-0.39, 0.29) is 17.7 Å². The van der Waals surface area contributed by atoms with Gasteiger partial charge in [0.15, 0.2) is 5.75 Å². The van der Waals surface area contributed by atoms with E-state index in [9.17, 15) is 9.59 Å². The number of carbonyl (C=O) groups is 2. The highest BCUT2D eigenvalue weighted by Crippen LogP contribution is 2.40. The van der Waals surface area contributed by atoms with Crippen molar-refractivity contribution in [3.8, 4) is 5.75 Å². The highest BCUT2D eigenvalue weighted by Gasteiger charge is 2.32. The number of ether oxygens (including phenoxy) is 1. The van der Waals surface area contributed by atoms with E-state index in [4.69, 9.17) is 4.74 Å². The lowest BCUT2D eigenvalue weighted by Gasteiger charge is -2.09. The second-order valence-corrected chi connectivity index (χ2v) is 5.27. The van der Waals surface area contributed by atoms with Crippen molar-refractivity contribution in [2.24, 2.45) is 0 Å². The van der Waals surface area contributed by atoms with Crippen LogP contribution in [0.1, 0.15) is 43.1 Å². The second kappa shape index (κ2) is 4.47. The second-order valence-electron chi connectivity index (χ2n) is 5.27. The highest BCUT2D eigenvalue weighted by molar-refractivity contribution is 5.86. The lowest BCUT2D eigenvalue weighted by atomic mass is 9.96. The van der Waals surface area contributed by atoms with Gasteiger partial charge in [0, 0.05) is 29.8 Å². The summed E-state index contributed by atoms with van der Waals surface area (Å²) in [5.41, 5.74) is 3.91. The monoisotopic (exact) mass is 271 g/mol. The molecule has 104 valence electrons. The third-order valence-corrected chi connectivity index (χ3v) is 4.05. The van der Waals surface area contributed by atoms with Crippen LogP contribution in [-0.4, -0.2) is 16.2 Å². The molecule has 0 fully saturated rings. The summed E-state index contributed by atoms with van der Waals surface area (Å²) in [6.07, 6.45) is 1.03. The standard InChI is InChI=1S/C16H17NO3/c1-4-15(19)20-16-9(2)14-8-11(10(3)18)12-6-5-7-13(16)17(12)14/h5-7,11H,4,8H2,1-3H3. The SMILES string of the molecule is CCC(=O)Oc1c(C)c2n3c(cccc13)C(C(C)=O)C2. The molecule has 0 aliphatic carbocycles. The topological polar surface area (TPSA) is 47.8 Å². The van der Waals surface area contributed by atoms with Gasteiger partial charge in [-0.1, -0.05) is 13.0 Å². The molecule has 3 heterocycles. The summed E-state index contributed by atoms with van der Waals surface area (Å²) in [5.74, 6) is 0.493. The van der Waals surface area contributed by atoms with Crippen LogP contribution >= 0.6 is 0 Å². The zero-order chi connectivity index (χ0) is 14.4. The summed E-state index contributed by atoms with van der Waals surface area (Å²) >= 11 is 0. The predicted molar refractivity (Wildman–Crippen MR) is 75.2 cm³/mol. The van der Waals surface area contributed by atoms with Gasteiger partial charge < -0.3 is 9.14 Å². The number of hydrogen-bond donors (Lipinski definition) is 0. The molecule has 3 rings (SSSR count). The fourth-order valence-corrected chi connectivity index (χ4v) is 2.98. The van der Waals surface area contributed by atoms with Crippen molar-refractivity contribution in [1.82, 2.24) is 4.40 Å². The lowest BCUT2D eigenvalue weighted by molar-refractivity contribution is -0.134. The predicted octanol–water partition coefficient (Wildman–Crippen LogP) is 2.79. The van der Waals surface area contributed by atoms with Crippen molar-refractivity contribution in [1.29, 1.82) is 0 Å².